The molecule has 0 unspecified atom stereocenters. The molecule has 10 heavy (non-hydrogen) atoms. The number of hydrogen-bond acceptors (Lipinski definition) is 1. The lowest BCUT2D eigenvalue weighted by molar-refractivity contribution is -0.158. The molecule has 0 radical (unpaired) electrons. The number of carboxylic acids is 1. The molecule has 0 rings (SSSR count). The lowest BCUT2D eigenvalue weighted by Gasteiger charge is -2.02. The van der Waals surface area contributed by atoms with Crippen molar-refractivity contribution in [2.75, 3.05) is 0 Å². The van der Waals surface area contributed by atoms with E-state index in [-0.39, 0.29) is 0 Å². The molecule has 1 N–H and O–H groups in total. The molecule has 0 saturated carbocycles. The molecule has 0 atom stereocenters. The van der Waals surface area contributed by atoms with E-state index < -0.39 is 11.9 Å². The molecule has 0 heterocycles. The van der Waals surface area contributed by atoms with E-state index in [1.54, 1.807) is 6.92 Å². The summed E-state index contributed by atoms with van der Waals surface area (Å²) in [5.41, 5.74) is 0. The number of halogens is 2. The zero-order valence-electron chi connectivity index (χ0n) is 5.47. The quantitative estimate of drug-likeness (QED) is 0.621. The summed E-state index contributed by atoms with van der Waals surface area (Å²) in [4.78, 5) is 9.73. The first-order chi connectivity index (χ1) is 4.50. The van der Waals surface area contributed by atoms with E-state index >= 15 is 0 Å². The van der Waals surface area contributed by atoms with E-state index in [4.69, 9.17) is 5.11 Å². The monoisotopic (exact) mass is 150 g/mol. The Bertz CT molecular complexity index is 152. The fourth-order valence-electron chi connectivity index (χ4n) is 0.337. The van der Waals surface area contributed by atoms with Gasteiger partial charge in [-0.3, -0.25) is 0 Å². The van der Waals surface area contributed by atoms with Crippen LogP contribution in [0.25, 0.3) is 0 Å². The number of carbonyl (C=O) groups is 1. The van der Waals surface area contributed by atoms with E-state index in [1.165, 1.54) is 0 Å². The maximum Gasteiger partial charge on any atom is 0.378 e. The summed E-state index contributed by atoms with van der Waals surface area (Å²) in [6.07, 6.45) is 1.91. The van der Waals surface area contributed by atoms with Gasteiger partial charge in [-0.05, 0) is 12.5 Å². The molecule has 0 aromatic carbocycles. The van der Waals surface area contributed by atoms with Crippen LogP contribution >= 0.6 is 0 Å². The molecular formula is C6H8F2O2. The van der Waals surface area contributed by atoms with Crippen LogP contribution < -0.4 is 0 Å². The predicted molar refractivity (Wildman–Crippen MR) is 32.0 cm³/mol. The van der Waals surface area contributed by atoms with Crippen LogP contribution in [-0.2, 0) is 4.79 Å². The molecule has 0 aromatic heterocycles. The number of alkyl halides is 2. The summed E-state index contributed by atoms with van der Waals surface area (Å²) in [7, 11) is 0. The molecule has 4 heteroatoms. The van der Waals surface area contributed by atoms with Gasteiger partial charge in [-0.2, -0.15) is 8.78 Å². The Labute approximate surface area is 57.2 Å². The Hall–Kier alpha value is -0.930. The van der Waals surface area contributed by atoms with Gasteiger partial charge in [0.25, 0.3) is 0 Å². The zero-order chi connectivity index (χ0) is 8.20. The number of allylic oxidation sites excluding steroid dienone is 1. The zero-order valence-corrected chi connectivity index (χ0v) is 5.47. The third-order valence-corrected chi connectivity index (χ3v) is 0.848. The van der Waals surface area contributed by atoms with Gasteiger partial charge in [-0.25, -0.2) is 4.79 Å². The first kappa shape index (κ1) is 9.07. The maximum absolute atomic E-state index is 12.0. The van der Waals surface area contributed by atoms with Crippen LogP contribution in [0.3, 0.4) is 0 Å². The van der Waals surface area contributed by atoms with Crippen LogP contribution in [0.2, 0.25) is 0 Å². The summed E-state index contributed by atoms with van der Waals surface area (Å²) in [6.45, 7) is 1.65. The van der Waals surface area contributed by atoms with Crippen LogP contribution in [0.15, 0.2) is 12.2 Å². The van der Waals surface area contributed by atoms with E-state index in [9.17, 15) is 13.6 Å². The second-order valence-corrected chi connectivity index (χ2v) is 1.74. The Morgan fingerprint density at radius 1 is 1.70 bits per heavy atom. The smallest absolute Gasteiger partial charge is 0.378 e. The lowest BCUT2D eigenvalue weighted by atomic mass is 10.3. The molecule has 0 amide bonds. The van der Waals surface area contributed by atoms with E-state index in [0.29, 0.717) is 12.5 Å². The number of rotatable bonds is 3. The van der Waals surface area contributed by atoms with Crippen molar-refractivity contribution in [2.45, 2.75) is 19.3 Å². The average Bonchev–Trinajstić information content (AvgIpc) is 1.84. The maximum atomic E-state index is 12.0. The molecule has 0 aliphatic carbocycles. The first-order valence-corrected chi connectivity index (χ1v) is 2.79. The normalized spacial score (nSPS) is 12.3. The Balaban J connectivity index is 4.12. The average molecular weight is 150 g/mol. The molecule has 58 valence electrons. The van der Waals surface area contributed by atoms with Crippen molar-refractivity contribution < 1.29 is 18.7 Å². The molecule has 0 aliphatic heterocycles. The van der Waals surface area contributed by atoms with Gasteiger partial charge >= 0.3 is 11.9 Å². The number of aliphatic carboxylic acids is 1. The second kappa shape index (κ2) is 3.29. The fraction of sp³-hybridized carbons (Fsp3) is 0.500. The largest absolute Gasteiger partial charge is 0.477 e. The summed E-state index contributed by atoms with van der Waals surface area (Å²) < 4.78 is 24.1. The first-order valence-electron chi connectivity index (χ1n) is 2.79. The number of hydrogen-bond donors (Lipinski definition) is 1. The van der Waals surface area contributed by atoms with Crippen molar-refractivity contribution in [3.63, 3.8) is 0 Å². The SMILES string of the molecule is CC/C=C/C(F)(F)C(=O)O. The molecule has 2 nitrogen and oxygen atoms in total. The van der Waals surface area contributed by atoms with E-state index in [1.807, 2.05) is 0 Å². The molecular weight excluding hydrogens is 142 g/mol. The van der Waals surface area contributed by atoms with E-state index in [2.05, 4.69) is 0 Å². The van der Waals surface area contributed by atoms with Crippen molar-refractivity contribution >= 4 is 5.97 Å². The Morgan fingerprint density at radius 3 is 2.50 bits per heavy atom. The minimum absolute atomic E-state index is 0.384. The lowest BCUT2D eigenvalue weighted by Crippen LogP contribution is -2.24. The number of carboxylic acid groups (broad SMARTS) is 1. The van der Waals surface area contributed by atoms with Crippen LogP contribution in [-0.4, -0.2) is 17.0 Å². The Morgan fingerprint density at radius 2 is 2.20 bits per heavy atom. The van der Waals surface area contributed by atoms with Crippen LogP contribution in [0.1, 0.15) is 13.3 Å². The van der Waals surface area contributed by atoms with Crippen molar-refractivity contribution in [1.29, 1.82) is 0 Å². The highest BCUT2D eigenvalue weighted by Gasteiger charge is 2.34. The van der Waals surface area contributed by atoms with E-state index in [0.717, 1.165) is 6.08 Å². The van der Waals surface area contributed by atoms with Gasteiger partial charge in [0, 0.05) is 0 Å². The fourth-order valence-corrected chi connectivity index (χ4v) is 0.337. The second-order valence-electron chi connectivity index (χ2n) is 1.74. The highest BCUT2D eigenvalue weighted by Crippen LogP contribution is 2.14. The van der Waals surface area contributed by atoms with Gasteiger partial charge in [-0.15, -0.1) is 0 Å². The molecule has 0 aromatic rings. The highest BCUT2D eigenvalue weighted by molar-refractivity contribution is 5.77. The van der Waals surface area contributed by atoms with Crippen LogP contribution in [0, 0.1) is 0 Å². The minimum Gasteiger partial charge on any atom is -0.477 e. The molecule has 0 saturated heterocycles. The van der Waals surface area contributed by atoms with Gasteiger partial charge in [0.1, 0.15) is 0 Å². The highest BCUT2D eigenvalue weighted by atomic mass is 19.3. The van der Waals surface area contributed by atoms with Crippen molar-refractivity contribution in [3.05, 3.63) is 12.2 Å². The van der Waals surface area contributed by atoms with Crippen molar-refractivity contribution in [2.24, 2.45) is 0 Å². The van der Waals surface area contributed by atoms with Crippen molar-refractivity contribution in [3.8, 4) is 0 Å². The third-order valence-electron chi connectivity index (χ3n) is 0.848. The molecule has 0 aliphatic rings. The van der Waals surface area contributed by atoms with Crippen molar-refractivity contribution in [1.82, 2.24) is 0 Å². The van der Waals surface area contributed by atoms with Gasteiger partial charge in [0.05, 0.1) is 0 Å². The summed E-state index contributed by atoms with van der Waals surface area (Å²) in [5, 5.41) is 7.87. The molecule has 0 bridgehead atoms. The topological polar surface area (TPSA) is 37.3 Å². The van der Waals surface area contributed by atoms with Gasteiger partial charge in [0.2, 0.25) is 0 Å². The molecule has 0 fully saturated rings. The standard InChI is InChI=1S/C6H8F2O2/c1-2-3-4-6(7,8)5(9)10/h3-4H,2H2,1H3,(H,9,10)/b4-3+. The minimum atomic E-state index is -3.71. The summed E-state index contributed by atoms with van der Waals surface area (Å²) in [5.74, 6) is -5.83. The third kappa shape index (κ3) is 2.57. The predicted octanol–water partition coefficient (Wildman–Crippen LogP) is 1.67. The van der Waals surface area contributed by atoms with Crippen LogP contribution in [0.5, 0.6) is 0 Å². The van der Waals surface area contributed by atoms with Crippen LogP contribution in [0.4, 0.5) is 8.78 Å². The molecule has 0 spiro atoms. The van der Waals surface area contributed by atoms with Gasteiger partial charge in [0.15, 0.2) is 0 Å². The summed E-state index contributed by atoms with van der Waals surface area (Å²) in [6, 6.07) is 0. The van der Waals surface area contributed by atoms with Gasteiger partial charge in [-0.1, -0.05) is 13.0 Å². The summed E-state index contributed by atoms with van der Waals surface area (Å²) >= 11 is 0. The Kier molecular flexibility index (Phi) is 2.99. The van der Waals surface area contributed by atoms with Gasteiger partial charge < -0.3 is 5.11 Å².